The maximum atomic E-state index is 8.50. The molecule has 0 aliphatic rings. The minimum absolute atomic E-state index is 0. The number of halogens is 1. The first-order chi connectivity index (χ1) is 11.8. The normalized spacial score (nSPS) is 11.2. The summed E-state index contributed by atoms with van der Waals surface area (Å²) in [4.78, 5) is 0. The smallest absolute Gasteiger partial charge is 0.169 e. The van der Waals surface area contributed by atoms with Crippen molar-refractivity contribution < 1.29 is 26.8 Å². The molecule has 2 N–H and O–H groups in total. The summed E-state index contributed by atoms with van der Waals surface area (Å²) in [6.45, 7) is 1.53. The molecule has 0 unspecified atom stereocenters. The number of allylic oxidation sites excluding steroid dienone is 2. The van der Waals surface area contributed by atoms with Gasteiger partial charge in [0.25, 0.3) is 0 Å². The molecule has 0 radical (unpaired) electrons. The van der Waals surface area contributed by atoms with E-state index in [9.17, 15) is 0 Å². The summed E-state index contributed by atoms with van der Waals surface area (Å²) < 4.78 is 4.18. The van der Waals surface area contributed by atoms with Crippen molar-refractivity contribution in [2.24, 2.45) is 5.16 Å². The van der Waals surface area contributed by atoms with E-state index in [1.807, 2.05) is 65.6 Å². The second-order valence-corrected chi connectivity index (χ2v) is 5.44. The second-order valence-electron chi connectivity index (χ2n) is 5.44. The molecule has 3 rings (SSSR count). The monoisotopic (exact) mass is 398 g/mol. The quantitative estimate of drug-likeness (QED) is 0.196. The van der Waals surface area contributed by atoms with Gasteiger partial charge in [-0.05, 0) is 18.2 Å². The summed E-state index contributed by atoms with van der Waals surface area (Å²) in [6, 6.07) is 13.6. The standard InChI is InChI=1S/C19H18N4O.BrH/c20-18-9-14-23(19-6-2-1-5-17(18)19)11-4-3-10-22-12-7-16(8-13-22)15-21-24;/h1-9,12-15,20H,10-11H2;1H. The number of nitrogens with one attached hydrogen (secondary N) is 1. The van der Waals surface area contributed by atoms with Crippen LogP contribution < -0.4 is 26.9 Å². The second kappa shape index (κ2) is 8.94. The zero-order chi connectivity index (χ0) is 16.8. The maximum absolute atomic E-state index is 8.50. The molecule has 2 heterocycles. The number of oxime groups is 1. The molecule has 5 nitrogen and oxygen atoms in total. The van der Waals surface area contributed by atoms with Crippen LogP contribution >= 0.6 is 0 Å². The van der Waals surface area contributed by atoms with Gasteiger partial charge in [-0.1, -0.05) is 29.4 Å². The average molecular weight is 399 g/mol. The molecule has 0 amide bonds. The Hall–Kier alpha value is -2.73. The van der Waals surface area contributed by atoms with Gasteiger partial charge >= 0.3 is 0 Å². The summed E-state index contributed by atoms with van der Waals surface area (Å²) in [5, 5.41) is 21.0. The molecular formula is C19H19BrN4O. The maximum Gasteiger partial charge on any atom is 0.169 e. The molecule has 0 atom stereocenters. The van der Waals surface area contributed by atoms with Gasteiger partial charge in [0.1, 0.15) is 0 Å². The summed E-state index contributed by atoms with van der Waals surface area (Å²) in [5.74, 6) is 0. The van der Waals surface area contributed by atoms with E-state index in [1.54, 1.807) is 0 Å². The van der Waals surface area contributed by atoms with Gasteiger partial charge in [0.15, 0.2) is 18.9 Å². The Morgan fingerprint density at radius 2 is 1.84 bits per heavy atom. The van der Waals surface area contributed by atoms with Crippen LogP contribution in [0, 0.1) is 5.41 Å². The number of fused-ring (bicyclic) bond motifs is 1. The van der Waals surface area contributed by atoms with E-state index in [1.165, 1.54) is 6.21 Å². The highest BCUT2D eigenvalue weighted by molar-refractivity contribution is 5.78. The van der Waals surface area contributed by atoms with Crippen LogP contribution in [0.2, 0.25) is 0 Å². The molecule has 0 aliphatic heterocycles. The fourth-order valence-corrected chi connectivity index (χ4v) is 2.57. The number of aromatic nitrogens is 2. The van der Waals surface area contributed by atoms with E-state index in [0.29, 0.717) is 5.36 Å². The topological polar surface area (TPSA) is 65.2 Å². The van der Waals surface area contributed by atoms with Crippen molar-refractivity contribution in [3.05, 3.63) is 84.1 Å². The lowest BCUT2D eigenvalue weighted by atomic mass is 10.2. The summed E-state index contributed by atoms with van der Waals surface area (Å²) in [6.07, 6.45) is 11.5. The first kappa shape index (κ1) is 18.6. The summed E-state index contributed by atoms with van der Waals surface area (Å²) >= 11 is 0. The first-order valence-electron chi connectivity index (χ1n) is 7.72. The number of rotatable bonds is 5. The Labute approximate surface area is 156 Å². The average Bonchev–Trinajstić information content (AvgIpc) is 2.62. The Bertz CT molecular complexity index is 946. The number of hydrogen-bond acceptors (Lipinski definition) is 3. The molecule has 0 aliphatic carbocycles. The van der Waals surface area contributed by atoms with Crippen molar-refractivity contribution in [2.45, 2.75) is 13.1 Å². The van der Waals surface area contributed by atoms with Crippen LogP contribution in [0.3, 0.4) is 0 Å². The number of benzene rings is 1. The number of pyridine rings is 2. The fraction of sp³-hybridized carbons (Fsp3) is 0.105. The van der Waals surface area contributed by atoms with Gasteiger partial charge in [0, 0.05) is 35.8 Å². The highest BCUT2D eigenvalue weighted by Crippen LogP contribution is 2.09. The molecule has 0 bridgehead atoms. The van der Waals surface area contributed by atoms with Gasteiger partial charge in [-0.3, -0.25) is 0 Å². The molecule has 0 saturated carbocycles. The van der Waals surface area contributed by atoms with Crippen LogP contribution in [0.4, 0.5) is 0 Å². The SMILES string of the molecule is N=c1ccn(CC=CC[n+]2ccc(/C=N/O)cc2)c2ccccc12.[Br-]. The Kier molecular flexibility index (Phi) is 6.65. The number of nitrogens with zero attached hydrogens (tertiary/aromatic N) is 3. The molecule has 6 heteroatoms. The minimum Gasteiger partial charge on any atom is -1.00 e. The van der Waals surface area contributed by atoms with Gasteiger partial charge in [0.2, 0.25) is 0 Å². The number of hydrogen-bond donors (Lipinski definition) is 2. The van der Waals surface area contributed by atoms with E-state index >= 15 is 0 Å². The van der Waals surface area contributed by atoms with Gasteiger partial charge < -0.3 is 32.2 Å². The van der Waals surface area contributed by atoms with E-state index in [2.05, 4.69) is 21.9 Å². The molecular weight excluding hydrogens is 380 g/mol. The zero-order valence-corrected chi connectivity index (χ0v) is 15.2. The molecule has 0 saturated heterocycles. The highest BCUT2D eigenvalue weighted by atomic mass is 79.9. The molecule has 25 heavy (non-hydrogen) atoms. The fourth-order valence-electron chi connectivity index (χ4n) is 2.57. The molecule has 2 aromatic heterocycles. The van der Waals surface area contributed by atoms with Gasteiger partial charge in [0.05, 0.1) is 17.1 Å². The van der Waals surface area contributed by atoms with Crippen LogP contribution in [0.1, 0.15) is 5.56 Å². The van der Waals surface area contributed by atoms with Crippen LogP contribution in [0.5, 0.6) is 0 Å². The molecule has 0 fully saturated rings. The van der Waals surface area contributed by atoms with Crippen molar-refractivity contribution >= 4 is 17.1 Å². The zero-order valence-electron chi connectivity index (χ0n) is 13.6. The first-order valence-corrected chi connectivity index (χ1v) is 7.72. The van der Waals surface area contributed by atoms with Crippen molar-refractivity contribution in [2.75, 3.05) is 0 Å². The van der Waals surface area contributed by atoms with E-state index in [4.69, 9.17) is 10.6 Å². The van der Waals surface area contributed by atoms with E-state index in [0.717, 1.165) is 29.6 Å². The lowest BCUT2D eigenvalue weighted by Crippen LogP contribution is -3.00. The predicted octanol–water partition coefficient (Wildman–Crippen LogP) is -0.523. The van der Waals surface area contributed by atoms with E-state index in [-0.39, 0.29) is 17.0 Å². The Balaban J connectivity index is 0.00000225. The van der Waals surface area contributed by atoms with Crippen LogP contribution in [0.15, 0.2) is 78.4 Å². The largest absolute Gasteiger partial charge is 1.00 e. The number of para-hydroxylation sites is 1. The summed E-state index contributed by atoms with van der Waals surface area (Å²) in [5.41, 5.74) is 1.92. The lowest BCUT2D eigenvalue weighted by molar-refractivity contribution is -0.687. The molecule has 128 valence electrons. The highest BCUT2D eigenvalue weighted by Gasteiger charge is 1.99. The lowest BCUT2D eigenvalue weighted by Gasteiger charge is -2.08. The van der Waals surface area contributed by atoms with Crippen molar-refractivity contribution in [1.29, 1.82) is 5.41 Å². The van der Waals surface area contributed by atoms with Gasteiger partial charge in [-0.15, -0.1) is 0 Å². The molecule has 3 aromatic rings. The van der Waals surface area contributed by atoms with Crippen molar-refractivity contribution in [3.8, 4) is 0 Å². The van der Waals surface area contributed by atoms with Crippen molar-refractivity contribution in [3.63, 3.8) is 0 Å². The third-order valence-corrected chi connectivity index (χ3v) is 3.83. The van der Waals surface area contributed by atoms with Gasteiger partial charge in [-0.25, -0.2) is 4.57 Å². The Morgan fingerprint density at radius 1 is 1.08 bits per heavy atom. The van der Waals surface area contributed by atoms with Crippen LogP contribution in [-0.2, 0) is 13.1 Å². The summed E-state index contributed by atoms with van der Waals surface area (Å²) in [7, 11) is 0. The van der Waals surface area contributed by atoms with Crippen LogP contribution in [0.25, 0.3) is 10.9 Å². The third-order valence-electron chi connectivity index (χ3n) is 3.83. The minimum atomic E-state index is 0. The molecule has 0 spiro atoms. The Morgan fingerprint density at radius 3 is 2.60 bits per heavy atom. The third kappa shape index (κ3) is 4.64. The van der Waals surface area contributed by atoms with E-state index < -0.39 is 0 Å². The van der Waals surface area contributed by atoms with Crippen LogP contribution in [-0.4, -0.2) is 16.0 Å². The molecule has 1 aromatic carbocycles. The predicted molar refractivity (Wildman–Crippen MR) is 93.0 cm³/mol. The van der Waals surface area contributed by atoms with Crippen molar-refractivity contribution in [1.82, 2.24) is 4.57 Å². The van der Waals surface area contributed by atoms with Gasteiger partial charge in [-0.2, -0.15) is 0 Å².